The van der Waals surface area contributed by atoms with Crippen molar-refractivity contribution in [3.05, 3.63) is 0 Å². The van der Waals surface area contributed by atoms with Gasteiger partial charge in [0.15, 0.2) is 0 Å². The highest BCUT2D eigenvalue weighted by Crippen LogP contribution is 2.18. The Morgan fingerprint density at radius 1 is 1.47 bits per heavy atom. The Morgan fingerprint density at radius 2 is 2.18 bits per heavy atom. The standard InChI is InChI=1S/C11H21N3O2.ClH/c1-2-4-10(15)14-8-3-5-9(14)11(16)13-7-6-12;/h9H,2-8,12H2,1H3,(H,13,16);1H. The number of carbonyl (C=O) groups excluding carboxylic acids is 2. The van der Waals surface area contributed by atoms with E-state index in [-0.39, 0.29) is 30.3 Å². The van der Waals surface area contributed by atoms with Gasteiger partial charge in [-0.2, -0.15) is 0 Å². The number of nitrogens with two attached hydrogens (primary N) is 1. The fourth-order valence-electron chi connectivity index (χ4n) is 2.01. The van der Waals surface area contributed by atoms with Crippen molar-refractivity contribution in [2.45, 2.75) is 38.6 Å². The lowest BCUT2D eigenvalue weighted by Crippen LogP contribution is -2.46. The molecule has 0 aromatic carbocycles. The maximum absolute atomic E-state index is 11.8. The summed E-state index contributed by atoms with van der Waals surface area (Å²) in [6.45, 7) is 3.59. The van der Waals surface area contributed by atoms with E-state index in [1.54, 1.807) is 4.90 Å². The van der Waals surface area contributed by atoms with Crippen molar-refractivity contribution < 1.29 is 9.59 Å². The van der Waals surface area contributed by atoms with Gasteiger partial charge in [0, 0.05) is 26.1 Å². The molecule has 1 aliphatic rings. The van der Waals surface area contributed by atoms with Crippen LogP contribution in [0.1, 0.15) is 32.6 Å². The Hall–Kier alpha value is -0.810. The Bertz CT molecular complexity index is 261. The Kier molecular flexibility index (Phi) is 7.91. The molecule has 17 heavy (non-hydrogen) atoms. The molecular formula is C11H22ClN3O2. The monoisotopic (exact) mass is 263 g/mol. The molecule has 0 radical (unpaired) electrons. The smallest absolute Gasteiger partial charge is 0.242 e. The van der Waals surface area contributed by atoms with Crippen molar-refractivity contribution in [3.8, 4) is 0 Å². The van der Waals surface area contributed by atoms with Crippen molar-refractivity contribution in [1.82, 2.24) is 10.2 Å². The summed E-state index contributed by atoms with van der Waals surface area (Å²) >= 11 is 0. The Morgan fingerprint density at radius 3 is 2.76 bits per heavy atom. The quantitative estimate of drug-likeness (QED) is 0.748. The molecule has 0 saturated carbocycles. The maximum Gasteiger partial charge on any atom is 0.242 e. The van der Waals surface area contributed by atoms with Crippen LogP contribution in [-0.2, 0) is 9.59 Å². The molecule has 1 fully saturated rings. The molecule has 5 nitrogen and oxygen atoms in total. The second-order valence-electron chi connectivity index (χ2n) is 4.07. The summed E-state index contributed by atoms with van der Waals surface area (Å²) in [6.07, 6.45) is 3.04. The van der Waals surface area contributed by atoms with E-state index in [2.05, 4.69) is 5.32 Å². The molecule has 100 valence electrons. The van der Waals surface area contributed by atoms with Gasteiger partial charge in [-0.05, 0) is 19.3 Å². The summed E-state index contributed by atoms with van der Waals surface area (Å²) in [7, 11) is 0. The molecule has 1 aliphatic heterocycles. The number of amides is 2. The minimum Gasteiger partial charge on any atom is -0.353 e. The molecule has 1 atom stereocenters. The van der Waals surface area contributed by atoms with Crippen LogP contribution in [0.2, 0.25) is 0 Å². The van der Waals surface area contributed by atoms with Gasteiger partial charge in [0.25, 0.3) is 0 Å². The van der Waals surface area contributed by atoms with E-state index in [9.17, 15) is 9.59 Å². The normalized spacial score (nSPS) is 18.7. The van der Waals surface area contributed by atoms with Gasteiger partial charge in [0.05, 0.1) is 0 Å². The minimum absolute atomic E-state index is 0. The van der Waals surface area contributed by atoms with E-state index in [0.29, 0.717) is 26.1 Å². The van der Waals surface area contributed by atoms with Crippen LogP contribution >= 0.6 is 12.4 Å². The third-order valence-corrected chi connectivity index (χ3v) is 2.78. The average molecular weight is 264 g/mol. The van der Waals surface area contributed by atoms with E-state index in [1.165, 1.54) is 0 Å². The number of hydrogen-bond acceptors (Lipinski definition) is 3. The zero-order valence-electron chi connectivity index (χ0n) is 10.3. The molecule has 0 aromatic rings. The van der Waals surface area contributed by atoms with Crippen LogP contribution in [0, 0.1) is 0 Å². The van der Waals surface area contributed by atoms with Crippen LogP contribution in [0.4, 0.5) is 0 Å². The van der Waals surface area contributed by atoms with Crippen LogP contribution in [-0.4, -0.2) is 42.4 Å². The first-order chi connectivity index (χ1) is 7.70. The van der Waals surface area contributed by atoms with Crippen LogP contribution < -0.4 is 11.1 Å². The summed E-state index contributed by atoms with van der Waals surface area (Å²) in [6, 6.07) is -0.273. The summed E-state index contributed by atoms with van der Waals surface area (Å²) in [5.41, 5.74) is 5.32. The number of hydrogen-bond donors (Lipinski definition) is 2. The SMILES string of the molecule is CCCC(=O)N1CCCC1C(=O)NCCN.Cl. The van der Waals surface area contributed by atoms with Gasteiger partial charge in [-0.1, -0.05) is 6.92 Å². The van der Waals surface area contributed by atoms with Gasteiger partial charge >= 0.3 is 0 Å². The van der Waals surface area contributed by atoms with Gasteiger partial charge < -0.3 is 16.0 Å². The van der Waals surface area contributed by atoms with E-state index < -0.39 is 0 Å². The van der Waals surface area contributed by atoms with Crippen molar-refractivity contribution in [2.24, 2.45) is 5.73 Å². The van der Waals surface area contributed by atoms with Gasteiger partial charge in [0.1, 0.15) is 6.04 Å². The molecular weight excluding hydrogens is 242 g/mol. The zero-order valence-corrected chi connectivity index (χ0v) is 11.1. The summed E-state index contributed by atoms with van der Waals surface area (Å²) in [4.78, 5) is 25.2. The molecule has 0 aliphatic carbocycles. The summed E-state index contributed by atoms with van der Waals surface area (Å²) in [5.74, 6) is 0.0281. The predicted molar refractivity (Wildman–Crippen MR) is 69.0 cm³/mol. The van der Waals surface area contributed by atoms with Crippen molar-refractivity contribution in [3.63, 3.8) is 0 Å². The van der Waals surface area contributed by atoms with Gasteiger partial charge in [-0.15, -0.1) is 12.4 Å². The lowest BCUT2D eigenvalue weighted by molar-refractivity contribution is -0.138. The minimum atomic E-state index is -0.273. The fraction of sp³-hybridized carbons (Fsp3) is 0.818. The number of nitrogens with one attached hydrogen (secondary N) is 1. The van der Waals surface area contributed by atoms with Crippen LogP contribution in [0.5, 0.6) is 0 Å². The first kappa shape index (κ1) is 16.2. The zero-order chi connectivity index (χ0) is 12.0. The molecule has 3 N–H and O–H groups in total. The predicted octanol–water partition coefficient (Wildman–Crippen LogP) is 0.274. The van der Waals surface area contributed by atoms with Crippen molar-refractivity contribution in [1.29, 1.82) is 0 Å². The number of rotatable bonds is 5. The van der Waals surface area contributed by atoms with E-state index in [0.717, 1.165) is 19.3 Å². The molecule has 1 heterocycles. The summed E-state index contributed by atoms with van der Waals surface area (Å²) in [5, 5.41) is 2.74. The third-order valence-electron chi connectivity index (χ3n) is 2.78. The highest BCUT2D eigenvalue weighted by atomic mass is 35.5. The van der Waals surface area contributed by atoms with Crippen molar-refractivity contribution in [2.75, 3.05) is 19.6 Å². The van der Waals surface area contributed by atoms with Crippen LogP contribution in [0.3, 0.4) is 0 Å². The van der Waals surface area contributed by atoms with Gasteiger partial charge in [-0.25, -0.2) is 0 Å². The van der Waals surface area contributed by atoms with Crippen LogP contribution in [0.15, 0.2) is 0 Å². The van der Waals surface area contributed by atoms with E-state index >= 15 is 0 Å². The Balaban J connectivity index is 0.00000256. The number of halogens is 1. The molecule has 0 aromatic heterocycles. The fourth-order valence-corrected chi connectivity index (χ4v) is 2.01. The van der Waals surface area contributed by atoms with E-state index in [4.69, 9.17) is 5.73 Å². The van der Waals surface area contributed by atoms with Gasteiger partial charge in [0.2, 0.25) is 11.8 Å². The molecule has 0 spiro atoms. The van der Waals surface area contributed by atoms with Crippen molar-refractivity contribution >= 4 is 24.2 Å². The highest BCUT2D eigenvalue weighted by molar-refractivity contribution is 5.88. The maximum atomic E-state index is 11.8. The lowest BCUT2D eigenvalue weighted by Gasteiger charge is -2.23. The Labute approximate surface area is 109 Å². The lowest BCUT2D eigenvalue weighted by atomic mass is 10.2. The number of nitrogens with zero attached hydrogens (tertiary/aromatic N) is 1. The second-order valence-corrected chi connectivity index (χ2v) is 4.07. The topological polar surface area (TPSA) is 75.4 Å². The first-order valence-electron chi connectivity index (χ1n) is 5.98. The first-order valence-corrected chi connectivity index (χ1v) is 5.98. The third kappa shape index (κ3) is 4.52. The number of likely N-dealkylation sites (tertiary alicyclic amines) is 1. The van der Waals surface area contributed by atoms with E-state index in [1.807, 2.05) is 6.92 Å². The summed E-state index contributed by atoms with van der Waals surface area (Å²) < 4.78 is 0. The highest BCUT2D eigenvalue weighted by Gasteiger charge is 2.32. The molecule has 1 rings (SSSR count). The molecule has 0 bridgehead atoms. The second kappa shape index (κ2) is 8.31. The molecule has 2 amide bonds. The molecule has 1 saturated heterocycles. The number of carbonyl (C=O) groups is 2. The van der Waals surface area contributed by atoms with Gasteiger partial charge in [-0.3, -0.25) is 9.59 Å². The average Bonchev–Trinajstić information content (AvgIpc) is 2.75. The largest absolute Gasteiger partial charge is 0.353 e. The molecule has 6 heteroatoms. The van der Waals surface area contributed by atoms with Crippen LogP contribution in [0.25, 0.3) is 0 Å². The molecule has 1 unspecified atom stereocenters.